The molecule has 1 rings (SSSR count). The highest BCUT2D eigenvalue weighted by atomic mass is 16.7. The van der Waals surface area contributed by atoms with Crippen LogP contribution in [0.15, 0.2) is 72.9 Å². The van der Waals surface area contributed by atoms with Crippen LogP contribution in [-0.4, -0.2) is 99.6 Å². The number of nitrogens with one attached hydrogen (secondary N) is 1. The van der Waals surface area contributed by atoms with Gasteiger partial charge in [-0.15, -0.1) is 0 Å². The number of carbonyl (C=O) groups is 2. The Morgan fingerprint density at radius 3 is 1.50 bits per heavy atom. The lowest BCUT2D eigenvalue weighted by atomic mass is 9.99. The van der Waals surface area contributed by atoms with E-state index >= 15 is 0 Å². The number of hydrogen-bond donors (Lipinski definition) is 6. The molecule has 0 aromatic carbocycles. The molecule has 11 nitrogen and oxygen atoms in total. The first-order valence-corrected chi connectivity index (χ1v) is 29.2. The standard InChI is InChI=1S/C61H107NO10/c1-4-7-10-13-16-19-22-25-26-27-28-29-31-33-36-39-42-45-48-54(65)60(69)62-52(53(64)47-44-41-38-35-32-24-21-18-15-12-9-6-3)51-70-61-59(58(68)57(67)55(50-63)71-61)72-56(66)49-46-43-40-37-34-30-23-20-17-14-11-8-5-2/h7,10,16,19,25-26,28-29,33,36,44,47,52-55,57-59,61,63-65,67-68H,4-6,8-9,11-15,17-18,20-24,27,30-32,34-35,37-43,45-46,48-51H2,1-3H3,(H,62,69)/b10-7-,19-16-,26-25-,29-28-,36-33-,47-44+. The van der Waals surface area contributed by atoms with Crippen molar-refractivity contribution in [3.63, 3.8) is 0 Å². The second-order valence-electron chi connectivity index (χ2n) is 20.0. The highest BCUT2D eigenvalue weighted by molar-refractivity contribution is 5.80. The van der Waals surface area contributed by atoms with Crippen molar-refractivity contribution in [3.05, 3.63) is 72.9 Å². The zero-order valence-electron chi connectivity index (χ0n) is 45.8. The first kappa shape index (κ1) is 67.1. The zero-order valence-corrected chi connectivity index (χ0v) is 45.8. The highest BCUT2D eigenvalue weighted by Gasteiger charge is 2.47. The van der Waals surface area contributed by atoms with Gasteiger partial charge in [-0.25, -0.2) is 0 Å². The zero-order chi connectivity index (χ0) is 52.5. The fourth-order valence-corrected chi connectivity index (χ4v) is 8.74. The average molecular weight is 1010 g/mol. The Bertz CT molecular complexity index is 1440. The number of amides is 1. The van der Waals surface area contributed by atoms with Gasteiger partial charge in [0.05, 0.1) is 25.4 Å². The van der Waals surface area contributed by atoms with Crippen LogP contribution in [0.4, 0.5) is 0 Å². The second kappa shape index (κ2) is 49.0. The SMILES string of the molecule is CC/C=C\C/C=C\C/C=C\C/C=C\C/C=C\CCCCC(O)C(=O)NC(COC1OC(CO)C(O)C(O)C1OC(=O)CCCCCCCCCCCCCCC)C(O)/C=C/CCCCCCCCCCCC. The summed E-state index contributed by atoms with van der Waals surface area (Å²) in [4.78, 5) is 26.4. The molecule has 1 aliphatic rings. The van der Waals surface area contributed by atoms with Crippen molar-refractivity contribution in [3.8, 4) is 0 Å². The summed E-state index contributed by atoms with van der Waals surface area (Å²) >= 11 is 0. The van der Waals surface area contributed by atoms with Gasteiger partial charge in [0.15, 0.2) is 12.4 Å². The van der Waals surface area contributed by atoms with Gasteiger partial charge in [0, 0.05) is 6.42 Å². The van der Waals surface area contributed by atoms with Gasteiger partial charge in [-0.3, -0.25) is 9.59 Å². The number of carbonyl (C=O) groups excluding carboxylic acids is 2. The first-order chi connectivity index (χ1) is 35.2. The third kappa shape index (κ3) is 36.9. The highest BCUT2D eigenvalue weighted by Crippen LogP contribution is 2.26. The third-order valence-corrected chi connectivity index (χ3v) is 13.4. The summed E-state index contributed by atoms with van der Waals surface area (Å²) in [5, 5.41) is 56.8. The van der Waals surface area contributed by atoms with Gasteiger partial charge in [0.1, 0.15) is 24.4 Å². The number of hydrogen-bond acceptors (Lipinski definition) is 10. The van der Waals surface area contributed by atoms with Crippen molar-refractivity contribution >= 4 is 11.9 Å². The summed E-state index contributed by atoms with van der Waals surface area (Å²) in [6, 6.07) is -1.04. The van der Waals surface area contributed by atoms with Gasteiger partial charge >= 0.3 is 5.97 Å². The summed E-state index contributed by atoms with van der Waals surface area (Å²) < 4.78 is 17.6. The molecule has 1 amide bonds. The Hall–Kier alpha value is -2.90. The van der Waals surface area contributed by atoms with E-state index in [0.29, 0.717) is 12.8 Å². The maximum atomic E-state index is 13.4. The summed E-state index contributed by atoms with van der Waals surface area (Å²) in [5.41, 5.74) is 0. The molecular weight excluding hydrogens is 907 g/mol. The molecule has 1 heterocycles. The largest absolute Gasteiger partial charge is 0.454 e. The monoisotopic (exact) mass is 1010 g/mol. The second-order valence-corrected chi connectivity index (χ2v) is 20.0. The number of unbranched alkanes of at least 4 members (excludes halogenated alkanes) is 24. The molecule has 0 aromatic rings. The van der Waals surface area contributed by atoms with Crippen LogP contribution < -0.4 is 5.32 Å². The number of aliphatic hydroxyl groups is 5. The van der Waals surface area contributed by atoms with E-state index in [4.69, 9.17) is 14.2 Å². The van der Waals surface area contributed by atoms with E-state index in [1.54, 1.807) is 6.08 Å². The van der Waals surface area contributed by atoms with Crippen LogP contribution in [0.2, 0.25) is 0 Å². The Balaban J connectivity index is 2.76. The summed E-state index contributed by atoms with van der Waals surface area (Å²) in [6.07, 6.45) is 50.8. The van der Waals surface area contributed by atoms with Crippen LogP contribution in [0, 0.1) is 0 Å². The molecule has 1 aliphatic heterocycles. The normalized spacial score (nSPS) is 20.0. The Morgan fingerprint density at radius 1 is 0.556 bits per heavy atom. The molecule has 8 unspecified atom stereocenters. The predicted molar refractivity (Wildman–Crippen MR) is 296 cm³/mol. The molecule has 0 saturated carbocycles. The molecule has 0 bridgehead atoms. The van der Waals surface area contributed by atoms with Gasteiger partial charge < -0.3 is 45.1 Å². The van der Waals surface area contributed by atoms with Crippen LogP contribution >= 0.6 is 0 Å². The summed E-state index contributed by atoms with van der Waals surface area (Å²) in [6.45, 7) is 5.64. The predicted octanol–water partition coefficient (Wildman–Crippen LogP) is 13.2. The van der Waals surface area contributed by atoms with Gasteiger partial charge in [0.25, 0.3) is 0 Å². The van der Waals surface area contributed by atoms with Crippen LogP contribution in [0.1, 0.15) is 239 Å². The molecule has 416 valence electrons. The molecule has 0 radical (unpaired) electrons. The molecule has 11 heteroatoms. The van der Waals surface area contributed by atoms with Gasteiger partial charge in [0.2, 0.25) is 5.91 Å². The number of rotatable bonds is 48. The molecular formula is C61H107NO10. The molecule has 72 heavy (non-hydrogen) atoms. The minimum atomic E-state index is -1.62. The molecule has 6 N–H and O–H groups in total. The molecule has 0 aromatic heterocycles. The first-order valence-electron chi connectivity index (χ1n) is 29.2. The van der Waals surface area contributed by atoms with E-state index < -0.39 is 67.4 Å². The lowest BCUT2D eigenvalue weighted by Crippen LogP contribution is -2.61. The van der Waals surface area contributed by atoms with Gasteiger partial charge in [-0.1, -0.05) is 235 Å². The third-order valence-electron chi connectivity index (χ3n) is 13.4. The van der Waals surface area contributed by atoms with E-state index in [-0.39, 0.29) is 19.4 Å². The molecule has 8 atom stereocenters. The molecule has 0 spiro atoms. The summed E-state index contributed by atoms with van der Waals surface area (Å²) in [5.74, 6) is -1.23. The van der Waals surface area contributed by atoms with Crippen molar-refractivity contribution in [1.82, 2.24) is 5.32 Å². The maximum absolute atomic E-state index is 13.4. The number of ether oxygens (including phenoxy) is 3. The van der Waals surface area contributed by atoms with Crippen molar-refractivity contribution in [2.24, 2.45) is 0 Å². The fraction of sp³-hybridized carbons (Fsp3) is 0.770. The summed E-state index contributed by atoms with van der Waals surface area (Å²) in [7, 11) is 0. The molecule has 0 aliphatic carbocycles. The average Bonchev–Trinajstić information content (AvgIpc) is 3.38. The Morgan fingerprint density at radius 2 is 1.00 bits per heavy atom. The van der Waals surface area contributed by atoms with Crippen molar-refractivity contribution < 1.29 is 49.3 Å². The van der Waals surface area contributed by atoms with E-state index in [9.17, 15) is 35.1 Å². The smallest absolute Gasteiger partial charge is 0.306 e. The van der Waals surface area contributed by atoms with E-state index in [1.807, 2.05) is 6.08 Å². The minimum absolute atomic E-state index is 0.120. The van der Waals surface area contributed by atoms with Crippen molar-refractivity contribution in [2.45, 2.75) is 288 Å². The van der Waals surface area contributed by atoms with Crippen molar-refractivity contribution in [2.75, 3.05) is 13.2 Å². The van der Waals surface area contributed by atoms with Crippen LogP contribution in [-0.2, 0) is 23.8 Å². The van der Waals surface area contributed by atoms with E-state index in [1.165, 1.54) is 109 Å². The van der Waals surface area contributed by atoms with Crippen LogP contribution in [0.25, 0.3) is 0 Å². The van der Waals surface area contributed by atoms with E-state index in [0.717, 1.165) is 83.5 Å². The van der Waals surface area contributed by atoms with Gasteiger partial charge in [-0.05, 0) is 70.6 Å². The molecule has 1 saturated heterocycles. The maximum Gasteiger partial charge on any atom is 0.306 e. The number of aliphatic hydroxyl groups excluding tert-OH is 5. The number of allylic oxidation sites excluding steroid dienone is 11. The lowest BCUT2D eigenvalue weighted by Gasteiger charge is -2.41. The Kier molecular flexibility index (Phi) is 45.7. The lowest BCUT2D eigenvalue weighted by molar-refractivity contribution is -0.305. The Labute approximate surface area is 439 Å². The van der Waals surface area contributed by atoms with Crippen LogP contribution in [0.3, 0.4) is 0 Å². The quantitative estimate of drug-likeness (QED) is 0.0195. The van der Waals surface area contributed by atoms with Gasteiger partial charge in [-0.2, -0.15) is 0 Å². The van der Waals surface area contributed by atoms with Crippen LogP contribution in [0.5, 0.6) is 0 Å². The minimum Gasteiger partial charge on any atom is -0.454 e. The molecule has 1 fully saturated rings. The fourth-order valence-electron chi connectivity index (χ4n) is 8.74. The topological polar surface area (TPSA) is 175 Å². The van der Waals surface area contributed by atoms with E-state index in [2.05, 4.69) is 86.8 Å². The van der Waals surface area contributed by atoms with Crippen molar-refractivity contribution in [1.29, 1.82) is 0 Å². The number of esters is 1.